The highest BCUT2D eigenvalue weighted by molar-refractivity contribution is 6.15. The van der Waals surface area contributed by atoms with Gasteiger partial charge in [-0.05, 0) is 17.7 Å². The van der Waals surface area contributed by atoms with Gasteiger partial charge in [0, 0.05) is 68.6 Å². The van der Waals surface area contributed by atoms with Crippen molar-refractivity contribution < 1.29 is 46.2 Å². The quantitative estimate of drug-likeness (QED) is 0.262. The summed E-state index contributed by atoms with van der Waals surface area (Å²) in [5.74, 6) is -2.65. The molecule has 0 saturated carbocycles. The number of ether oxygens (including phenoxy) is 2. The first-order valence-corrected chi connectivity index (χ1v) is 13.6. The van der Waals surface area contributed by atoms with E-state index in [2.05, 4.69) is 0 Å². The molecule has 0 atom stereocenters. The largest absolute Gasteiger partial charge is 0.419 e. The maximum atomic E-state index is 13.5. The second kappa shape index (κ2) is 11.7. The summed E-state index contributed by atoms with van der Waals surface area (Å²) in [5.41, 5.74) is -3.55. The number of hydrogen-bond donors (Lipinski definition) is 1. The number of β-amino-alcohol motifs (C(OH)–C–C–N with tert-alkyl or cyclic N) is 1. The summed E-state index contributed by atoms with van der Waals surface area (Å²) >= 11 is 0. The molecule has 45 heavy (non-hydrogen) atoms. The fraction of sp³-hybridized carbons (Fsp3) is 0.233. The lowest BCUT2D eigenvalue weighted by molar-refractivity contribution is -0.137. The van der Waals surface area contributed by atoms with E-state index in [-0.39, 0.29) is 45.8 Å². The summed E-state index contributed by atoms with van der Waals surface area (Å²) in [6.45, 7) is 2.09. The van der Waals surface area contributed by atoms with Gasteiger partial charge in [-0.2, -0.15) is 13.2 Å². The number of esters is 2. The first-order chi connectivity index (χ1) is 21.5. The SMILES string of the molecule is O=C1/C=C\C(=O)Oc2c(cc3nc(N4CCN(CCO)CC4)c4oc(=O)ccc(=O)oc2c3c4-c2ccc(C(F)(F)F)cc2)O1. The van der Waals surface area contributed by atoms with Crippen molar-refractivity contribution >= 4 is 39.8 Å². The van der Waals surface area contributed by atoms with Gasteiger partial charge in [0.15, 0.2) is 22.7 Å². The Labute approximate surface area is 250 Å². The Balaban J connectivity index is 1.76. The van der Waals surface area contributed by atoms with Crippen LogP contribution in [0.5, 0.6) is 11.5 Å². The number of alkyl halides is 3. The zero-order valence-corrected chi connectivity index (χ0v) is 23.1. The van der Waals surface area contributed by atoms with Crippen LogP contribution in [0.4, 0.5) is 19.0 Å². The molecule has 15 heteroatoms. The molecule has 2 bridgehead atoms. The van der Waals surface area contributed by atoms with Crippen LogP contribution in [0.25, 0.3) is 33.2 Å². The van der Waals surface area contributed by atoms with Crippen LogP contribution in [0.15, 0.2) is 73.0 Å². The van der Waals surface area contributed by atoms with E-state index >= 15 is 0 Å². The first-order valence-electron chi connectivity index (χ1n) is 13.6. The van der Waals surface area contributed by atoms with Crippen LogP contribution >= 0.6 is 0 Å². The van der Waals surface area contributed by atoms with Crippen LogP contribution < -0.4 is 25.6 Å². The summed E-state index contributed by atoms with van der Waals surface area (Å²) in [4.78, 5) is 59.1. The Kier molecular flexibility index (Phi) is 7.72. The molecule has 232 valence electrons. The molecule has 2 aliphatic rings. The molecular formula is C30H22F3N3O9. The first kappa shape index (κ1) is 29.8. The molecule has 4 heterocycles. The van der Waals surface area contributed by atoms with Crippen LogP contribution in [-0.2, 0) is 15.8 Å². The lowest BCUT2D eigenvalue weighted by atomic mass is 9.97. The maximum absolute atomic E-state index is 13.5. The number of carbonyl (C=O) groups is 2. The van der Waals surface area contributed by atoms with E-state index in [0.717, 1.165) is 48.6 Å². The monoisotopic (exact) mass is 625 g/mol. The highest BCUT2D eigenvalue weighted by atomic mass is 19.4. The van der Waals surface area contributed by atoms with Crippen LogP contribution in [0.1, 0.15) is 5.56 Å². The van der Waals surface area contributed by atoms with Gasteiger partial charge in [0.1, 0.15) is 0 Å². The molecule has 4 aromatic rings. The van der Waals surface area contributed by atoms with E-state index in [4.69, 9.17) is 23.3 Å². The predicted molar refractivity (Wildman–Crippen MR) is 152 cm³/mol. The Morgan fingerprint density at radius 2 is 1.44 bits per heavy atom. The minimum Gasteiger partial charge on any atom is -0.419 e. The van der Waals surface area contributed by atoms with Crippen molar-refractivity contribution in [2.24, 2.45) is 0 Å². The summed E-state index contributed by atoms with van der Waals surface area (Å²) < 4.78 is 62.6. The molecule has 0 radical (unpaired) electrons. The molecule has 0 aliphatic carbocycles. The molecule has 6 rings (SSSR count). The van der Waals surface area contributed by atoms with Crippen molar-refractivity contribution in [3.63, 3.8) is 0 Å². The smallest absolute Gasteiger partial charge is 0.416 e. The molecule has 0 spiro atoms. The Bertz CT molecular complexity index is 2010. The average Bonchev–Trinajstić information content (AvgIpc) is 3.00. The van der Waals surface area contributed by atoms with Gasteiger partial charge in [0.2, 0.25) is 5.75 Å². The normalized spacial score (nSPS) is 16.5. The number of hydrogen-bond acceptors (Lipinski definition) is 12. The summed E-state index contributed by atoms with van der Waals surface area (Å²) in [7, 11) is 0. The van der Waals surface area contributed by atoms with E-state index in [1.54, 1.807) is 4.90 Å². The van der Waals surface area contributed by atoms with Gasteiger partial charge < -0.3 is 28.3 Å². The van der Waals surface area contributed by atoms with Crippen LogP contribution in [0.2, 0.25) is 0 Å². The number of aliphatic hydroxyl groups excluding tert-OH is 1. The molecule has 1 N–H and O–H groups in total. The van der Waals surface area contributed by atoms with Crippen LogP contribution in [-0.4, -0.2) is 66.3 Å². The second-order valence-corrected chi connectivity index (χ2v) is 10.0. The van der Waals surface area contributed by atoms with Crippen molar-refractivity contribution in [3.8, 4) is 22.6 Å². The molecule has 1 fully saturated rings. The van der Waals surface area contributed by atoms with E-state index in [1.807, 2.05) is 4.90 Å². The number of fused-ring (bicyclic) bond motifs is 3. The third kappa shape index (κ3) is 5.94. The van der Waals surface area contributed by atoms with Gasteiger partial charge >= 0.3 is 29.4 Å². The maximum Gasteiger partial charge on any atom is 0.416 e. The molecule has 2 aliphatic heterocycles. The molecule has 1 saturated heterocycles. The van der Waals surface area contributed by atoms with Gasteiger partial charge in [-0.1, -0.05) is 12.1 Å². The number of rotatable bonds is 4. The number of halogens is 3. The Morgan fingerprint density at radius 3 is 2.07 bits per heavy atom. The van der Waals surface area contributed by atoms with Gasteiger partial charge in [-0.3, -0.25) is 4.90 Å². The lowest BCUT2D eigenvalue weighted by Gasteiger charge is -2.35. The van der Waals surface area contributed by atoms with Crippen molar-refractivity contribution in [2.45, 2.75) is 6.18 Å². The van der Waals surface area contributed by atoms with Gasteiger partial charge in [0.25, 0.3) is 0 Å². The zero-order chi connectivity index (χ0) is 31.9. The second-order valence-electron chi connectivity index (χ2n) is 10.0. The Morgan fingerprint density at radius 1 is 0.822 bits per heavy atom. The van der Waals surface area contributed by atoms with E-state index < -0.39 is 46.3 Å². The highest BCUT2D eigenvalue weighted by Gasteiger charge is 2.32. The summed E-state index contributed by atoms with van der Waals surface area (Å²) in [6, 6.07) is 6.77. The summed E-state index contributed by atoms with van der Waals surface area (Å²) in [5, 5.41) is 9.28. The van der Waals surface area contributed by atoms with Crippen LogP contribution in [0, 0.1) is 0 Å². The number of aromatic nitrogens is 1. The van der Waals surface area contributed by atoms with Crippen molar-refractivity contribution in [2.75, 3.05) is 44.2 Å². The van der Waals surface area contributed by atoms with E-state index in [0.29, 0.717) is 32.7 Å². The predicted octanol–water partition coefficient (Wildman–Crippen LogP) is 3.04. The number of benzene rings is 2. The molecule has 2 aromatic carbocycles. The fourth-order valence-electron chi connectivity index (χ4n) is 5.15. The standard InChI is InChI=1S/C30H22F3N3O9/c31-30(32,33)17-3-1-16(2-4-17)24-25-18-15-19-26(43-21(39)6-5-20(38)42-19)27(25)44-22(40)7-8-23(41)45-28(24)29(34-18)36-11-9-35(10-12-36)13-14-37/h1-8,15,37H,9-14H2/b6-5-,8-7?. The van der Waals surface area contributed by atoms with Crippen LogP contribution in [0.3, 0.4) is 0 Å². The van der Waals surface area contributed by atoms with Crippen molar-refractivity contribution in [1.29, 1.82) is 0 Å². The third-order valence-electron chi connectivity index (χ3n) is 7.21. The molecule has 12 nitrogen and oxygen atoms in total. The number of pyridine rings is 1. The zero-order valence-electron chi connectivity index (χ0n) is 23.1. The number of nitrogens with zero attached hydrogens (tertiary/aromatic N) is 3. The average molecular weight is 626 g/mol. The van der Waals surface area contributed by atoms with Gasteiger partial charge in [0.05, 0.1) is 23.1 Å². The van der Waals surface area contributed by atoms with E-state index in [9.17, 15) is 37.5 Å². The fourth-order valence-corrected chi connectivity index (χ4v) is 5.15. The highest BCUT2D eigenvalue weighted by Crippen LogP contribution is 2.46. The minimum absolute atomic E-state index is 0.00395. The number of anilines is 1. The van der Waals surface area contributed by atoms with Crippen molar-refractivity contribution in [1.82, 2.24) is 9.88 Å². The number of aliphatic hydroxyl groups is 1. The molecule has 0 unspecified atom stereocenters. The third-order valence-corrected chi connectivity index (χ3v) is 7.21. The number of carbonyl (C=O) groups excluding carboxylic acids is 2. The molecule has 2 aromatic heterocycles. The minimum atomic E-state index is -4.65. The summed E-state index contributed by atoms with van der Waals surface area (Å²) in [6.07, 6.45) is -3.02. The topological polar surface area (TPSA) is 153 Å². The Hall–Kier alpha value is -5.28. The number of piperazine rings is 1. The van der Waals surface area contributed by atoms with Gasteiger partial charge in [-0.15, -0.1) is 0 Å². The lowest BCUT2D eigenvalue weighted by Crippen LogP contribution is -2.47. The molecular weight excluding hydrogens is 603 g/mol. The van der Waals surface area contributed by atoms with Crippen molar-refractivity contribution in [3.05, 3.63) is 81.0 Å². The van der Waals surface area contributed by atoms with Gasteiger partial charge in [-0.25, -0.2) is 24.2 Å². The van der Waals surface area contributed by atoms with E-state index in [1.165, 1.54) is 6.07 Å². The molecule has 0 amide bonds.